The number of carboxylic acids is 1. The van der Waals surface area contributed by atoms with Crippen molar-refractivity contribution in [2.24, 2.45) is 5.73 Å². The Morgan fingerprint density at radius 3 is 2.71 bits per heavy atom. The van der Waals surface area contributed by atoms with Crippen LogP contribution >= 0.6 is 0 Å². The van der Waals surface area contributed by atoms with E-state index in [4.69, 9.17) is 10.8 Å². The normalized spacial score (nSPS) is 22.9. The molecule has 2 aliphatic rings. The third-order valence-electron chi connectivity index (χ3n) is 4.30. The van der Waals surface area contributed by atoms with Crippen molar-refractivity contribution in [1.82, 2.24) is 4.98 Å². The molecule has 0 radical (unpaired) electrons. The Kier molecular flexibility index (Phi) is 2.30. The smallest absolute Gasteiger partial charge is 0.321 e. The minimum Gasteiger partial charge on any atom is -0.480 e. The van der Waals surface area contributed by atoms with Crippen LogP contribution in [0.15, 0.2) is 6.07 Å². The number of fused-ring (bicyclic) bond motifs is 1. The Morgan fingerprint density at radius 2 is 2.12 bits per heavy atom. The second-order valence-corrected chi connectivity index (χ2v) is 5.37. The molecule has 17 heavy (non-hydrogen) atoms. The van der Waals surface area contributed by atoms with Crippen LogP contribution in [0, 0.1) is 0 Å². The van der Waals surface area contributed by atoms with Gasteiger partial charge in [-0.15, -0.1) is 0 Å². The minimum absolute atomic E-state index is 0.316. The summed E-state index contributed by atoms with van der Waals surface area (Å²) in [7, 11) is 0. The molecule has 1 saturated carbocycles. The van der Waals surface area contributed by atoms with Crippen molar-refractivity contribution in [1.29, 1.82) is 0 Å². The van der Waals surface area contributed by atoms with Gasteiger partial charge in [0.05, 0.1) is 0 Å². The minimum atomic E-state index is -0.893. The summed E-state index contributed by atoms with van der Waals surface area (Å²) < 4.78 is 0. The van der Waals surface area contributed by atoms with Gasteiger partial charge in [-0.2, -0.15) is 0 Å². The average molecular weight is 234 g/mol. The van der Waals surface area contributed by atoms with Gasteiger partial charge in [0, 0.05) is 16.8 Å². The molecule has 0 spiro atoms. The summed E-state index contributed by atoms with van der Waals surface area (Å²) in [6, 6.07) is 1.38. The fraction of sp³-hybridized carbons (Fsp3) is 0.615. The van der Waals surface area contributed by atoms with Crippen molar-refractivity contribution >= 4 is 5.97 Å². The molecule has 0 aromatic carbocycles. The summed E-state index contributed by atoms with van der Waals surface area (Å²) in [5.41, 5.74) is 9.24. The van der Waals surface area contributed by atoms with Gasteiger partial charge in [0.15, 0.2) is 0 Å². The molecular formula is C13H18N2O2. The Bertz CT molecular complexity index is 436. The van der Waals surface area contributed by atoms with Gasteiger partial charge in [-0.05, 0) is 50.2 Å². The average Bonchev–Trinajstić information content (AvgIpc) is 3.01. The number of carboxylic acid groups (broad SMARTS) is 1. The number of aliphatic carboxylic acids is 1. The fourth-order valence-corrected chi connectivity index (χ4v) is 2.99. The van der Waals surface area contributed by atoms with Gasteiger partial charge in [-0.25, -0.2) is 0 Å². The van der Waals surface area contributed by atoms with Gasteiger partial charge in [0.1, 0.15) is 6.04 Å². The molecule has 0 aliphatic heterocycles. The molecule has 1 unspecified atom stereocenters. The van der Waals surface area contributed by atoms with Crippen LogP contribution in [0.3, 0.4) is 0 Å². The maximum absolute atomic E-state index is 11.1. The quantitative estimate of drug-likeness (QED) is 0.738. The number of aromatic amines is 1. The number of aromatic nitrogens is 1. The lowest BCUT2D eigenvalue weighted by Gasteiger charge is -2.18. The third kappa shape index (κ3) is 1.59. The number of nitrogens with two attached hydrogens (primary N) is 1. The van der Waals surface area contributed by atoms with E-state index in [-0.39, 0.29) is 5.41 Å². The van der Waals surface area contributed by atoms with E-state index in [1.165, 1.54) is 24.1 Å². The lowest BCUT2D eigenvalue weighted by molar-refractivity contribution is -0.139. The van der Waals surface area contributed by atoms with Crippen LogP contribution in [-0.4, -0.2) is 22.1 Å². The van der Waals surface area contributed by atoms with Crippen LogP contribution in [0.5, 0.6) is 0 Å². The van der Waals surface area contributed by atoms with Gasteiger partial charge < -0.3 is 15.8 Å². The first-order valence-corrected chi connectivity index (χ1v) is 6.33. The van der Waals surface area contributed by atoms with Crippen LogP contribution in [0.2, 0.25) is 0 Å². The first kappa shape index (κ1) is 10.8. The van der Waals surface area contributed by atoms with Crippen molar-refractivity contribution in [3.63, 3.8) is 0 Å². The molecule has 1 atom stereocenters. The highest BCUT2D eigenvalue weighted by atomic mass is 16.4. The second kappa shape index (κ2) is 3.60. The van der Waals surface area contributed by atoms with E-state index in [0.717, 1.165) is 31.4 Å². The monoisotopic (exact) mass is 234 g/mol. The largest absolute Gasteiger partial charge is 0.480 e. The van der Waals surface area contributed by atoms with Crippen LogP contribution in [-0.2, 0) is 23.1 Å². The van der Waals surface area contributed by atoms with E-state index < -0.39 is 12.0 Å². The van der Waals surface area contributed by atoms with Gasteiger partial charge >= 0.3 is 5.97 Å². The van der Waals surface area contributed by atoms with Crippen LogP contribution in [0.1, 0.15) is 42.6 Å². The molecule has 4 heteroatoms. The number of aryl methyl sites for hydroxylation is 2. The zero-order valence-electron chi connectivity index (χ0n) is 9.83. The first-order valence-electron chi connectivity index (χ1n) is 6.33. The van der Waals surface area contributed by atoms with Crippen molar-refractivity contribution in [3.8, 4) is 0 Å². The summed E-state index contributed by atoms with van der Waals surface area (Å²) in [6.07, 6.45) is 6.45. The molecule has 1 heterocycles. The van der Waals surface area contributed by atoms with Crippen LogP contribution in [0.25, 0.3) is 0 Å². The molecule has 1 fully saturated rings. The molecule has 3 rings (SSSR count). The van der Waals surface area contributed by atoms with E-state index in [1.807, 2.05) is 0 Å². The Morgan fingerprint density at radius 1 is 1.41 bits per heavy atom. The summed E-state index contributed by atoms with van der Waals surface area (Å²) in [4.78, 5) is 14.5. The number of hydrogen-bond acceptors (Lipinski definition) is 2. The number of carbonyl (C=O) groups is 1. The van der Waals surface area contributed by atoms with Gasteiger partial charge in [0.25, 0.3) is 0 Å². The third-order valence-corrected chi connectivity index (χ3v) is 4.30. The summed E-state index contributed by atoms with van der Waals surface area (Å²) >= 11 is 0. The van der Waals surface area contributed by atoms with E-state index in [0.29, 0.717) is 0 Å². The first-order chi connectivity index (χ1) is 8.13. The number of hydrogen-bond donors (Lipinski definition) is 3. The van der Waals surface area contributed by atoms with Gasteiger partial charge in [-0.3, -0.25) is 4.79 Å². The highest BCUT2D eigenvalue weighted by molar-refractivity contribution is 5.76. The maximum atomic E-state index is 11.1. The molecule has 2 aliphatic carbocycles. The molecule has 0 amide bonds. The SMILES string of the molecule is NC(C(=O)O)C1(c2cc3c([nH]2)CCCC3)CC1. The Labute approximate surface area is 100 Å². The predicted octanol–water partition coefficient (Wildman–Crippen LogP) is 1.34. The molecule has 4 N–H and O–H groups in total. The standard InChI is InChI=1S/C13H18N2O2/c14-11(12(16)17)13(5-6-13)10-7-8-3-1-2-4-9(8)15-10/h7,11,15H,1-6,14H2,(H,16,17). The highest BCUT2D eigenvalue weighted by Crippen LogP contribution is 2.50. The molecule has 0 saturated heterocycles. The van der Waals surface area contributed by atoms with E-state index in [2.05, 4.69) is 11.1 Å². The molecule has 0 bridgehead atoms. The molecule has 1 aromatic heterocycles. The topological polar surface area (TPSA) is 79.1 Å². The van der Waals surface area contributed by atoms with Crippen LogP contribution in [0.4, 0.5) is 0 Å². The maximum Gasteiger partial charge on any atom is 0.321 e. The highest BCUT2D eigenvalue weighted by Gasteiger charge is 2.53. The lowest BCUT2D eigenvalue weighted by atomic mass is 9.92. The Hall–Kier alpha value is -1.29. The van der Waals surface area contributed by atoms with Gasteiger partial charge in [-0.1, -0.05) is 0 Å². The molecule has 92 valence electrons. The van der Waals surface area contributed by atoms with E-state index in [1.54, 1.807) is 0 Å². The van der Waals surface area contributed by atoms with E-state index in [9.17, 15) is 4.79 Å². The Balaban J connectivity index is 1.94. The predicted molar refractivity (Wildman–Crippen MR) is 64.0 cm³/mol. The second-order valence-electron chi connectivity index (χ2n) is 5.37. The van der Waals surface area contributed by atoms with Crippen molar-refractivity contribution in [2.75, 3.05) is 0 Å². The molecular weight excluding hydrogens is 216 g/mol. The van der Waals surface area contributed by atoms with Crippen molar-refractivity contribution in [3.05, 3.63) is 23.0 Å². The van der Waals surface area contributed by atoms with Crippen molar-refractivity contribution in [2.45, 2.75) is 50.0 Å². The summed E-state index contributed by atoms with van der Waals surface area (Å²) in [5, 5.41) is 9.08. The molecule has 4 nitrogen and oxygen atoms in total. The number of H-pyrrole nitrogens is 1. The van der Waals surface area contributed by atoms with Crippen molar-refractivity contribution < 1.29 is 9.90 Å². The molecule has 1 aromatic rings. The lowest BCUT2D eigenvalue weighted by Crippen LogP contribution is -2.42. The fourth-order valence-electron chi connectivity index (χ4n) is 2.99. The number of rotatable bonds is 3. The van der Waals surface area contributed by atoms with E-state index >= 15 is 0 Å². The summed E-state index contributed by atoms with van der Waals surface area (Å²) in [5.74, 6) is -0.893. The van der Waals surface area contributed by atoms with Crippen LogP contribution < -0.4 is 5.73 Å². The zero-order chi connectivity index (χ0) is 12.0. The summed E-state index contributed by atoms with van der Waals surface area (Å²) in [6.45, 7) is 0. The zero-order valence-corrected chi connectivity index (χ0v) is 9.83. The number of nitrogens with one attached hydrogen (secondary N) is 1. The van der Waals surface area contributed by atoms with Gasteiger partial charge in [0.2, 0.25) is 0 Å².